The molecule has 1 fully saturated rings. The minimum Gasteiger partial charge on any atom is -0.334 e. The number of nitrogens with zero attached hydrogens (tertiary/aromatic N) is 1. The highest BCUT2D eigenvalue weighted by Crippen LogP contribution is 2.59. The van der Waals surface area contributed by atoms with E-state index in [4.69, 9.17) is 4.52 Å². The van der Waals surface area contributed by atoms with Crippen molar-refractivity contribution in [3.05, 3.63) is 30.3 Å². The van der Waals surface area contributed by atoms with Crippen LogP contribution in [0, 0.1) is 0 Å². The lowest BCUT2D eigenvalue weighted by molar-refractivity contribution is 0.399. The fourth-order valence-corrected chi connectivity index (χ4v) is 4.38. The molecule has 0 radical (unpaired) electrons. The molecule has 0 aliphatic carbocycles. The van der Waals surface area contributed by atoms with Crippen molar-refractivity contribution in [2.24, 2.45) is 0 Å². The lowest BCUT2D eigenvalue weighted by Crippen LogP contribution is -2.04. The van der Waals surface area contributed by atoms with E-state index >= 15 is 0 Å². The van der Waals surface area contributed by atoms with Gasteiger partial charge in [-0.05, 0) is 19.2 Å². The monoisotopic (exact) mass is 213 g/mol. The van der Waals surface area contributed by atoms with Crippen molar-refractivity contribution in [2.75, 3.05) is 20.2 Å². The second-order valence-corrected chi connectivity index (χ2v) is 6.41. The predicted molar refractivity (Wildman–Crippen MR) is 57.8 cm³/mol. The second kappa shape index (κ2) is 4.43. The van der Waals surface area contributed by atoms with Gasteiger partial charge in [0, 0.05) is 11.4 Å². The number of likely N-dealkylation sites (N-methyl/N-ethyl adjacent to an activating group) is 1. The minimum absolute atomic E-state index is 0.433. The summed E-state index contributed by atoms with van der Waals surface area (Å²) in [5.41, 5.74) is 0. The van der Waals surface area contributed by atoms with Crippen molar-refractivity contribution in [3.8, 4) is 0 Å². The van der Waals surface area contributed by atoms with Gasteiger partial charge in [0.2, 0.25) is 0 Å². The van der Waals surface area contributed by atoms with Crippen LogP contribution in [-0.2, 0) is 4.52 Å². The van der Waals surface area contributed by atoms with Crippen LogP contribution in [-0.4, -0.2) is 24.9 Å². The summed E-state index contributed by atoms with van der Waals surface area (Å²) in [4.78, 5) is 1.29. The van der Waals surface area contributed by atoms with Crippen molar-refractivity contribution >= 4 is 18.9 Å². The molecule has 1 saturated heterocycles. The standard InChI is InChI=1S/C9H12NOPS/c1-10-7-8-11-12(10)13-9-5-3-2-4-6-9/h2-6H,7-8H2,1H3. The van der Waals surface area contributed by atoms with Crippen LogP contribution in [0.4, 0.5) is 0 Å². The van der Waals surface area contributed by atoms with Crippen LogP contribution in [0.15, 0.2) is 35.2 Å². The molecule has 0 bridgehead atoms. The maximum absolute atomic E-state index is 5.62. The minimum atomic E-state index is -0.433. The Hall–Kier alpha value is -0.0800. The van der Waals surface area contributed by atoms with Crippen molar-refractivity contribution in [2.45, 2.75) is 4.90 Å². The summed E-state index contributed by atoms with van der Waals surface area (Å²) in [6.45, 7) is 1.94. The van der Waals surface area contributed by atoms with Gasteiger partial charge < -0.3 is 4.52 Å². The quantitative estimate of drug-likeness (QED) is 0.701. The zero-order valence-electron chi connectivity index (χ0n) is 7.51. The van der Waals surface area contributed by atoms with E-state index in [1.54, 1.807) is 0 Å². The largest absolute Gasteiger partial charge is 0.334 e. The molecule has 1 atom stereocenters. The molecule has 1 unspecified atom stereocenters. The Morgan fingerprint density at radius 1 is 1.38 bits per heavy atom. The number of rotatable bonds is 2. The van der Waals surface area contributed by atoms with Gasteiger partial charge in [-0.3, -0.25) is 4.67 Å². The van der Waals surface area contributed by atoms with E-state index in [1.165, 1.54) is 4.90 Å². The molecule has 1 heterocycles. The lowest BCUT2D eigenvalue weighted by atomic mass is 10.4. The third-order valence-corrected chi connectivity index (χ3v) is 5.88. The summed E-state index contributed by atoms with van der Waals surface area (Å²) in [6.07, 6.45) is 0. The highest BCUT2D eigenvalue weighted by Gasteiger charge is 2.23. The Morgan fingerprint density at radius 3 is 2.77 bits per heavy atom. The maximum Gasteiger partial charge on any atom is 0.174 e. The van der Waals surface area contributed by atoms with E-state index in [9.17, 15) is 0 Å². The Balaban J connectivity index is 1.98. The predicted octanol–water partition coefficient (Wildman–Crippen LogP) is 2.97. The van der Waals surface area contributed by atoms with E-state index in [0.717, 1.165) is 13.2 Å². The first kappa shape index (κ1) is 9.47. The SMILES string of the molecule is CN1CCOP1Sc1ccccc1. The summed E-state index contributed by atoms with van der Waals surface area (Å²) in [5.74, 6) is 0. The summed E-state index contributed by atoms with van der Waals surface area (Å²) >= 11 is 1.83. The van der Waals surface area contributed by atoms with Gasteiger partial charge >= 0.3 is 0 Å². The molecule has 70 valence electrons. The zero-order chi connectivity index (χ0) is 9.10. The van der Waals surface area contributed by atoms with Crippen LogP contribution in [0.1, 0.15) is 0 Å². The van der Waals surface area contributed by atoms with Gasteiger partial charge in [-0.1, -0.05) is 29.6 Å². The molecular weight excluding hydrogens is 201 g/mol. The Morgan fingerprint density at radius 2 is 2.15 bits per heavy atom. The van der Waals surface area contributed by atoms with E-state index in [2.05, 4.69) is 36.0 Å². The number of hydrogen-bond donors (Lipinski definition) is 0. The van der Waals surface area contributed by atoms with Crippen molar-refractivity contribution in [1.29, 1.82) is 0 Å². The number of hydrogen-bond acceptors (Lipinski definition) is 3. The molecule has 0 aromatic heterocycles. The molecule has 1 aliphatic rings. The van der Waals surface area contributed by atoms with Gasteiger partial charge in [-0.25, -0.2) is 0 Å². The summed E-state index contributed by atoms with van der Waals surface area (Å²) < 4.78 is 7.91. The molecule has 4 heteroatoms. The molecule has 13 heavy (non-hydrogen) atoms. The molecule has 0 saturated carbocycles. The zero-order valence-corrected chi connectivity index (χ0v) is 9.22. The smallest absolute Gasteiger partial charge is 0.174 e. The fourth-order valence-electron chi connectivity index (χ4n) is 1.10. The van der Waals surface area contributed by atoms with E-state index < -0.39 is 7.50 Å². The van der Waals surface area contributed by atoms with Crippen molar-refractivity contribution < 1.29 is 4.52 Å². The van der Waals surface area contributed by atoms with Crippen LogP contribution in [0.25, 0.3) is 0 Å². The first-order valence-corrected chi connectivity index (χ1v) is 6.87. The van der Waals surface area contributed by atoms with Crippen molar-refractivity contribution in [3.63, 3.8) is 0 Å². The van der Waals surface area contributed by atoms with E-state index in [1.807, 2.05) is 17.4 Å². The van der Waals surface area contributed by atoms with Gasteiger partial charge in [-0.15, -0.1) is 0 Å². The van der Waals surface area contributed by atoms with Crippen LogP contribution >= 0.6 is 18.9 Å². The topological polar surface area (TPSA) is 12.5 Å². The second-order valence-electron chi connectivity index (χ2n) is 2.86. The lowest BCUT2D eigenvalue weighted by Gasteiger charge is -2.15. The third kappa shape index (κ3) is 2.44. The fraction of sp³-hybridized carbons (Fsp3) is 0.333. The van der Waals surface area contributed by atoms with Gasteiger partial charge in [0.25, 0.3) is 0 Å². The first-order chi connectivity index (χ1) is 6.36. The van der Waals surface area contributed by atoms with E-state index in [-0.39, 0.29) is 0 Å². The van der Waals surface area contributed by atoms with Gasteiger partial charge in [0.1, 0.15) is 0 Å². The first-order valence-electron chi connectivity index (χ1n) is 4.23. The molecule has 2 nitrogen and oxygen atoms in total. The number of benzene rings is 1. The highest BCUT2D eigenvalue weighted by molar-refractivity contribution is 8.53. The normalized spacial score (nSPS) is 23.6. The third-order valence-electron chi connectivity index (χ3n) is 1.82. The average molecular weight is 213 g/mol. The highest BCUT2D eigenvalue weighted by atomic mass is 32.7. The summed E-state index contributed by atoms with van der Waals surface area (Å²) in [6, 6.07) is 10.4. The van der Waals surface area contributed by atoms with Crippen LogP contribution < -0.4 is 0 Å². The molecule has 1 aliphatic heterocycles. The van der Waals surface area contributed by atoms with Crippen LogP contribution in [0.5, 0.6) is 0 Å². The van der Waals surface area contributed by atoms with Gasteiger partial charge in [0.15, 0.2) is 7.50 Å². The van der Waals surface area contributed by atoms with Crippen molar-refractivity contribution in [1.82, 2.24) is 4.67 Å². The molecular formula is C9H12NOPS. The van der Waals surface area contributed by atoms with Crippen LogP contribution in [0.3, 0.4) is 0 Å². The molecule has 0 spiro atoms. The van der Waals surface area contributed by atoms with Crippen LogP contribution in [0.2, 0.25) is 0 Å². The molecule has 0 amide bonds. The summed E-state index contributed by atoms with van der Waals surface area (Å²) in [5, 5.41) is 0. The Bertz CT molecular complexity index is 270. The maximum atomic E-state index is 5.62. The van der Waals surface area contributed by atoms with E-state index in [0.29, 0.717) is 0 Å². The average Bonchev–Trinajstić information content (AvgIpc) is 2.54. The van der Waals surface area contributed by atoms with Gasteiger partial charge in [-0.2, -0.15) is 0 Å². The Labute approximate surface area is 83.9 Å². The summed E-state index contributed by atoms with van der Waals surface area (Å²) in [7, 11) is 1.69. The van der Waals surface area contributed by atoms with Gasteiger partial charge in [0.05, 0.1) is 6.61 Å². The molecule has 1 aromatic carbocycles. The Kier molecular flexibility index (Phi) is 3.23. The molecule has 0 N–H and O–H groups in total. The molecule has 1 aromatic rings. The molecule has 2 rings (SSSR count).